The van der Waals surface area contributed by atoms with E-state index in [1.54, 1.807) is 7.11 Å². The van der Waals surface area contributed by atoms with Gasteiger partial charge in [-0.1, -0.05) is 6.92 Å². The van der Waals surface area contributed by atoms with Gasteiger partial charge in [0.05, 0.1) is 0 Å². The van der Waals surface area contributed by atoms with Crippen LogP contribution in [0.15, 0.2) is 6.20 Å². The molecule has 0 aliphatic heterocycles. The van der Waals surface area contributed by atoms with Crippen molar-refractivity contribution < 1.29 is 4.74 Å². The van der Waals surface area contributed by atoms with Gasteiger partial charge < -0.3 is 10.1 Å². The fraction of sp³-hybridized carbons (Fsp3) is 0.692. The van der Waals surface area contributed by atoms with E-state index in [0.717, 1.165) is 30.5 Å². The second kappa shape index (κ2) is 5.56. The topological polar surface area (TPSA) is 47.0 Å². The van der Waals surface area contributed by atoms with Gasteiger partial charge in [-0.05, 0) is 26.2 Å². The Morgan fingerprint density at radius 3 is 2.88 bits per heavy atom. The van der Waals surface area contributed by atoms with E-state index in [4.69, 9.17) is 4.74 Å². The van der Waals surface area contributed by atoms with Crippen LogP contribution in [0.3, 0.4) is 0 Å². The lowest BCUT2D eigenvalue weighted by Crippen LogP contribution is -2.18. The number of nitrogens with zero attached hydrogens (tertiary/aromatic N) is 2. The van der Waals surface area contributed by atoms with Gasteiger partial charge in [0, 0.05) is 37.2 Å². The molecule has 1 unspecified atom stereocenters. The average molecular weight is 235 g/mol. The van der Waals surface area contributed by atoms with Crippen molar-refractivity contribution in [1.29, 1.82) is 0 Å². The molecule has 17 heavy (non-hydrogen) atoms. The lowest BCUT2D eigenvalue weighted by molar-refractivity contribution is 0.111. The molecule has 1 aliphatic rings. The van der Waals surface area contributed by atoms with Crippen LogP contribution in [0.2, 0.25) is 0 Å². The van der Waals surface area contributed by atoms with E-state index >= 15 is 0 Å². The first kappa shape index (κ1) is 12.5. The van der Waals surface area contributed by atoms with Gasteiger partial charge in [-0.25, -0.2) is 9.97 Å². The van der Waals surface area contributed by atoms with Crippen LogP contribution < -0.4 is 5.32 Å². The second-order valence-electron chi connectivity index (χ2n) is 4.59. The predicted molar refractivity (Wildman–Crippen MR) is 66.7 cm³/mol. The van der Waals surface area contributed by atoms with E-state index < -0.39 is 0 Å². The average Bonchev–Trinajstić information content (AvgIpc) is 3.19. The van der Waals surface area contributed by atoms with E-state index in [-0.39, 0.29) is 6.10 Å². The molecule has 1 aromatic rings. The molecule has 1 aliphatic carbocycles. The zero-order valence-electron chi connectivity index (χ0n) is 10.9. The monoisotopic (exact) mass is 235 g/mol. The van der Waals surface area contributed by atoms with Crippen LogP contribution in [-0.4, -0.2) is 23.1 Å². The number of nitrogens with one attached hydrogen (secondary N) is 1. The molecule has 1 saturated carbocycles. The molecule has 0 bridgehead atoms. The van der Waals surface area contributed by atoms with Gasteiger partial charge >= 0.3 is 0 Å². The molecule has 0 aromatic carbocycles. The minimum absolute atomic E-state index is 0.0364. The van der Waals surface area contributed by atoms with Gasteiger partial charge in [-0.2, -0.15) is 0 Å². The second-order valence-corrected chi connectivity index (χ2v) is 4.59. The van der Waals surface area contributed by atoms with Crippen LogP contribution in [0, 0.1) is 0 Å². The summed E-state index contributed by atoms with van der Waals surface area (Å²) in [6.45, 7) is 4.98. The molecule has 0 radical (unpaired) electrons. The molecule has 4 nitrogen and oxygen atoms in total. The summed E-state index contributed by atoms with van der Waals surface area (Å²) in [6, 6.07) is 0.720. The molecule has 1 heterocycles. The molecule has 2 rings (SSSR count). The maximum Gasteiger partial charge on any atom is 0.157 e. The number of ether oxygens (including phenoxy) is 1. The van der Waals surface area contributed by atoms with Crippen LogP contribution in [0.5, 0.6) is 0 Å². The van der Waals surface area contributed by atoms with Gasteiger partial charge in [0.1, 0.15) is 6.10 Å². The van der Waals surface area contributed by atoms with Crippen LogP contribution in [-0.2, 0) is 17.7 Å². The Morgan fingerprint density at radius 1 is 1.53 bits per heavy atom. The van der Waals surface area contributed by atoms with Crippen LogP contribution in [0.1, 0.15) is 49.9 Å². The number of rotatable bonds is 6. The van der Waals surface area contributed by atoms with Crippen LogP contribution in [0.4, 0.5) is 0 Å². The molecule has 1 N–H and O–H groups in total. The summed E-state index contributed by atoms with van der Waals surface area (Å²) in [5.74, 6) is 0.777. The lowest BCUT2D eigenvalue weighted by atomic mass is 10.2. The van der Waals surface area contributed by atoms with E-state index in [1.165, 1.54) is 18.4 Å². The highest BCUT2D eigenvalue weighted by molar-refractivity contribution is 5.18. The highest BCUT2D eigenvalue weighted by Crippen LogP contribution is 2.20. The van der Waals surface area contributed by atoms with Crippen LogP contribution >= 0.6 is 0 Å². The molecule has 1 atom stereocenters. The summed E-state index contributed by atoms with van der Waals surface area (Å²) in [6.07, 6.45) is 5.45. The highest BCUT2D eigenvalue weighted by atomic mass is 16.5. The summed E-state index contributed by atoms with van der Waals surface area (Å²) in [4.78, 5) is 8.96. The molecular weight excluding hydrogens is 214 g/mol. The summed E-state index contributed by atoms with van der Waals surface area (Å²) in [5.41, 5.74) is 2.35. The molecular formula is C13H21N3O. The Kier molecular flexibility index (Phi) is 4.07. The first-order valence-corrected chi connectivity index (χ1v) is 6.35. The van der Waals surface area contributed by atoms with E-state index in [9.17, 15) is 0 Å². The Hall–Kier alpha value is -1.00. The van der Waals surface area contributed by atoms with E-state index in [1.807, 2.05) is 13.1 Å². The molecule has 4 heteroatoms. The molecule has 0 saturated heterocycles. The van der Waals surface area contributed by atoms with Gasteiger partial charge in [0.15, 0.2) is 5.82 Å². The van der Waals surface area contributed by atoms with Gasteiger partial charge in [-0.3, -0.25) is 0 Å². The van der Waals surface area contributed by atoms with Crippen molar-refractivity contribution >= 4 is 0 Å². The first-order chi connectivity index (χ1) is 8.24. The smallest absolute Gasteiger partial charge is 0.157 e. The zero-order valence-corrected chi connectivity index (χ0v) is 10.9. The van der Waals surface area contributed by atoms with Gasteiger partial charge in [0.2, 0.25) is 0 Å². The number of hydrogen-bond donors (Lipinski definition) is 1. The number of aromatic nitrogens is 2. The highest BCUT2D eigenvalue weighted by Gasteiger charge is 2.20. The number of aryl methyl sites for hydroxylation is 1. The van der Waals surface area contributed by atoms with Crippen LogP contribution in [0.25, 0.3) is 0 Å². The fourth-order valence-corrected chi connectivity index (χ4v) is 1.75. The lowest BCUT2D eigenvalue weighted by Gasteiger charge is -2.12. The fourth-order valence-electron chi connectivity index (χ4n) is 1.75. The van der Waals surface area contributed by atoms with Crippen molar-refractivity contribution in [2.45, 2.75) is 51.8 Å². The Balaban J connectivity index is 2.09. The van der Waals surface area contributed by atoms with Crippen molar-refractivity contribution in [1.82, 2.24) is 15.3 Å². The number of hydrogen-bond acceptors (Lipinski definition) is 4. The Morgan fingerprint density at radius 2 is 2.29 bits per heavy atom. The summed E-state index contributed by atoms with van der Waals surface area (Å²) < 4.78 is 5.24. The number of methoxy groups -OCH3 is 1. The SMILES string of the molecule is CCc1nc(C(C)OC)ncc1CNC1CC1. The minimum Gasteiger partial charge on any atom is -0.374 e. The summed E-state index contributed by atoms with van der Waals surface area (Å²) in [7, 11) is 1.68. The Bertz CT molecular complexity index is 377. The molecule has 1 fully saturated rings. The van der Waals surface area contributed by atoms with E-state index in [2.05, 4.69) is 22.2 Å². The van der Waals surface area contributed by atoms with Crippen molar-refractivity contribution in [2.24, 2.45) is 0 Å². The van der Waals surface area contributed by atoms with Crippen molar-refractivity contribution in [2.75, 3.05) is 7.11 Å². The Labute approximate surface area is 103 Å². The third-order valence-electron chi connectivity index (χ3n) is 3.18. The quantitative estimate of drug-likeness (QED) is 0.819. The van der Waals surface area contributed by atoms with Crippen molar-refractivity contribution in [3.8, 4) is 0 Å². The summed E-state index contributed by atoms with van der Waals surface area (Å²) >= 11 is 0. The summed E-state index contributed by atoms with van der Waals surface area (Å²) in [5, 5.41) is 3.50. The molecule has 1 aromatic heterocycles. The zero-order chi connectivity index (χ0) is 12.3. The minimum atomic E-state index is -0.0364. The predicted octanol–water partition coefficient (Wildman–Crippen LogP) is 2.00. The maximum absolute atomic E-state index is 5.24. The van der Waals surface area contributed by atoms with Gasteiger partial charge in [-0.15, -0.1) is 0 Å². The van der Waals surface area contributed by atoms with Gasteiger partial charge in [0.25, 0.3) is 0 Å². The maximum atomic E-state index is 5.24. The first-order valence-electron chi connectivity index (χ1n) is 6.35. The third kappa shape index (κ3) is 3.23. The molecule has 0 amide bonds. The van der Waals surface area contributed by atoms with Crippen molar-refractivity contribution in [3.63, 3.8) is 0 Å². The van der Waals surface area contributed by atoms with E-state index in [0.29, 0.717) is 0 Å². The standard InChI is InChI=1S/C13H21N3O/c1-4-12-10(7-14-11-5-6-11)8-15-13(16-12)9(2)17-3/h8-9,11,14H,4-7H2,1-3H3. The molecule has 0 spiro atoms. The molecule has 94 valence electrons. The third-order valence-corrected chi connectivity index (χ3v) is 3.18. The van der Waals surface area contributed by atoms with Crippen molar-refractivity contribution in [3.05, 3.63) is 23.3 Å². The normalized spacial score (nSPS) is 17.1. The largest absolute Gasteiger partial charge is 0.374 e.